The Labute approximate surface area is 141 Å². The van der Waals surface area contributed by atoms with E-state index >= 15 is 0 Å². The van der Waals surface area contributed by atoms with E-state index in [0.29, 0.717) is 0 Å². The maximum Gasteiger partial charge on any atom is 0.143 e. The largest absolute Gasteiger partial charge is 0.299 e. The summed E-state index contributed by atoms with van der Waals surface area (Å²) >= 11 is 0. The summed E-state index contributed by atoms with van der Waals surface area (Å²) in [5.41, 5.74) is 0. The zero-order chi connectivity index (χ0) is 16.2. The van der Waals surface area contributed by atoms with Crippen molar-refractivity contribution < 1.29 is 9.59 Å². The normalized spacial score (nSPS) is 38.4. The van der Waals surface area contributed by atoms with Crippen molar-refractivity contribution >= 4 is 11.6 Å². The highest BCUT2D eigenvalue weighted by Crippen LogP contribution is 2.43. The first-order chi connectivity index (χ1) is 11.1. The molecule has 130 valence electrons. The summed E-state index contributed by atoms with van der Waals surface area (Å²) in [6, 6.07) is 0. The number of fused-ring (bicyclic) bond motifs is 1. The Hall–Kier alpha value is -0.660. The van der Waals surface area contributed by atoms with Gasteiger partial charge in [-0.2, -0.15) is 0 Å². The number of Topliss-reactive ketones (excluding diaryl/α,β-unsaturated/α-hetero) is 2. The lowest BCUT2D eigenvalue weighted by Crippen LogP contribution is -2.32. The summed E-state index contributed by atoms with van der Waals surface area (Å²) in [7, 11) is 0. The van der Waals surface area contributed by atoms with E-state index in [2.05, 4.69) is 6.92 Å². The van der Waals surface area contributed by atoms with Crippen LogP contribution >= 0.6 is 0 Å². The molecule has 0 aliphatic heterocycles. The standard InChI is InChI=1S/C21H34O2/c1-15-5-4-8-17(10-9-15)20(22)14-21(23)19-12-11-16-6-2-3-7-18(16)13-19/h15-19H,2-14H2,1H3. The van der Waals surface area contributed by atoms with Gasteiger partial charge in [0.25, 0.3) is 0 Å². The van der Waals surface area contributed by atoms with Gasteiger partial charge < -0.3 is 0 Å². The van der Waals surface area contributed by atoms with Crippen molar-refractivity contribution in [2.24, 2.45) is 29.6 Å². The number of hydrogen-bond acceptors (Lipinski definition) is 2. The lowest BCUT2D eigenvalue weighted by Gasteiger charge is -2.38. The van der Waals surface area contributed by atoms with Crippen molar-refractivity contribution in [1.29, 1.82) is 0 Å². The van der Waals surface area contributed by atoms with Gasteiger partial charge >= 0.3 is 0 Å². The molecule has 0 bridgehead atoms. The second-order valence-electron chi connectivity index (χ2n) is 8.73. The summed E-state index contributed by atoms with van der Waals surface area (Å²) in [5, 5.41) is 0. The van der Waals surface area contributed by atoms with Gasteiger partial charge in [-0.15, -0.1) is 0 Å². The number of ketones is 2. The third-order valence-electron chi connectivity index (χ3n) is 7.06. The van der Waals surface area contributed by atoms with Crippen molar-refractivity contribution in [1.82, 2.24) is 0 Å². The SMILES string of the molecule is CC1CCCC(C(=O)CC(=O)C2CCC3CCCCC3C2)CC1. The van der Waals surface area contributed by atoms with Crippen molar-refractivity contribution in [3.8, 4) is 0 Å². The highest BCUT2D eigenvalue weighted by Gasteiger charge is 2.36. The van der Waals surface area contributed by atoms with E-state index in [4.69, 9.17) is 0 Å². The molecule has 0 saturated heterocycles. The van der Waals surface area contributed by atoms with Crippen molar-refractivity contribution in [3.05, 3.63) is 0 Å². The fourth-order valence-electron chi connectivity index (χ4n) is 5.44. The van der Waals surface area contributed by atoms with Gasteiger partial charge in [0.2, 0.25) is 0 Å². The summed E-state index contributed by atoms with van der Waals surface area (Å²) < 4.78 is 0. The molecule has 23 heavy (non-hydrogen) atoms. The molecule has 2 nitrogen and oxygen atoms in total. The molecule has 3 saturated carbocycles. The summed E-state index contributed by atoms with van der Waals surface area (Å²) in [5.74, 6) is 3.32. The molecule has 0 aromatic heterocycles. The van der Waals surface area contributed by atoms with Crippen LogP contribution in [0.5, 0.6) is 0 Å². The van der Waals surface area contributed by atoms with Gasteiger partial charge in [-0.25, -0.2) is 0 Å². The first-order valence-corrected chi connectivity index (χ1v) is 10.2. The molecule has 2 heteroatoms. The minimum absolute atomic E-state index is 0.176. The zero-order valence-electron chi connectivity index (χ0n) is 14.9. The minimum Gasteiger partial charge on any atom is -0.299 e. The first kappa shape index (κ1) is 17.2. The van der Waals surface area contributed by atoms with Crippen LogP contribution < -0.4 is 0 Å². The summed E-state index contributed by atoms with van der Waals surface area (Å²) in [6.07, 6.45) is 14.7. The maximum atomic E-state index is 12.7. The van der Waals surface area contributed by atoms with E-state index in [0.717, 1.165) is 49.9 Å². The topological polar surface area (TPSA) is 34.1 Å². The van der Waals surface area contributed by atoms with Crippen molar-refractivity contribution in [2.45, 2.75) is 90.4 Å². The number of carbonyl (C=O) groups excluding carboxylic acids is 2. The lowest BCUT2D eigenvalue weighted by atomic mass is 9.66. The van der Waals surface area contributed by atoms with E-state index < -0.39 is 0 Å². The molecule has 3 aliphatic rings. The number of rotatable bonds is 4. The van der Waals surface area contributed by atoms with Crippen LogP contribution in [0.2, 0.25) is 0 Å². The quantitative estimate of drug-likeness (QED) is 0.518. The molecule has 0 radical (unpaired) electrons. The van der Waals surface area contributed by atoms with Crippen LogP contribution in [0.4, 0.5) is 0 Å². The molecule has 0 spiro atoms. The molecule has 0 aromatic rings. The Morgan fingerprint density at radius 1 is 0.696 bits per heavy atom. The highest BCUT2D eigenvalue weighted by molar-refractivity contribution is 6.01. The number of carbonyl (C=O) groups is 2. The molecule has 3 aliphatic carbocycles. The molecule has 0 N–H and O–H groups in total. The second-order valence-corrected chi connectivity index (χ2v) is 8.73. The predicted molar refractivity (Wildman–Crippen MR) is 93.2 cm³/mol. The summed E-state index contributed by atoms with van der Waals surface area (Å²) in [6.45, 7) is 2.29. The van der Waals surface area contributed by atoms with E-state index in [1.807, 2.05) is 0 Å². The fraction of sp³-hybridized carbons (Fsp3) is 0.905. The molecular weight excluding hydrogens is 284 g/mol. The Kier molecular flexibility index (Phi) is 5.93. The molecule has 5 unspecified atom stereocenters. The van der Waals surface area contributed by atoms with Crippen LogP contribution in [0.1, 0.15) is 90.4 Å². The Morgan fingerprint density at radius 2 is 1.39 bits per heavy atom. The minimum atomic E-state index is 0.176. The first-order valence-electron chi connectivity index (χ1n) is 10.2. The molecule has 0 aromatic carbocycles. The average molecular weight is 319 g/mol. The fourth-order valence-corrected chi connectivity index (χ4v) is 5.44. The van der Waals surface area contributed by atoms with E-state index in [-0.39, 0.29) is 29.8 Å². The van der Waals surface area contributed by atoms with Gasteiger partial charge in [-0.1, -0.05) is 51.9 Å². The smallest absolute Gasteiger partial charge is 0.143 e. The Balaban J connectivity index is 1.49. The number of hydrogen-bond donors (Lipinski definition) is 0. The maximum absolute atomic E-state index is 12.7. The summed E-state index contributed by atoms with van der Waals surface area (Å²) in [4.78, 5) is 25.2. The molecule has 3 fully saturated rings. The Bertz CT molecular complexity index is 428. The van der Waals surface area contributed by atoms with Crippen molar-refractivity contribution in [3.63, 3.8) is 0 Å². The van der Waals surface area contributed by atoms with E-state index in [1.165, 1.54) is 44.9 Å². The third kappa shape index (κ3) is 4.45. The van der Waals surface area contributed by atoms with Gasteiger partial charge in [-0.05, 0) is 49.9 Å². The van der Waals surface area contributed by atoms with Crippen LogP contribution in [-0.4, -0.2) is 11.6 Å². The molecule has 0 amide bonds. The average Bonchev–Trinajstić information content (AvgIpc) is 2.79. The second kappa shape index (κ2) is 7.94. The molecule has 3 rings (SSSR count). The Morgan fingerprint density at radius 3 is 2.22 bits per heavy atom. The van der Waals surface area contributed by atoms with Crippen LogP contribution in [0.25, 0.3) is 0 Å². The lowest BCUT2D eigenvalue weighted by molar-refractivity contribution is -0.132. The van der Waals surface area contributed by atoms with Crippen LogP contribution in [0, 0.1) is 29.6 Å². The monoisotopic (exact) mass is 318 g/mol. The van der Waals surface area contributed by atoms with Gasteiger partial charge in [0.1, 0.15) is 11.6 Å². The van der Waals surface area contributed by atoms with Crippen LogP contribution in [-0.2, 0) is 9.59 Å². The van der Waals surface area contributed by atoms with E-state index in [9.17, 15) is 9.59 Å². The van der Waals surface area contributed by atoms with Crippen LogP contribution in [0.3, 0.4) is 0 Å². The molecule has 5 atom stereocenters. The predicted octanol–water partition coefficient (Wildman–Crippen LogP) is 5.34. The van der Waals surface area contributed by atoms with Gasteiger partial charge in [-0.3, -0.25) is 9.59 Å². The van der Waals surface area contributed by atoms with Gasteiger partial charge in [0, 0.05) is 11.8 Å². The van der Waals surface area contributed by atoms with Gasteiger partial charge in [0.05, 0.1) is 6.42 Å². The zero-order valence-corrected chi connectivity index (χ0v) is 14.9. The van der Waals surface area contributed by atoms with Gasteiger partial charge in [0.15, 0.2) is 0 Å². The van der Waals surface area contributed by atoms with Crippen molar-refractivity contribution in [2.75, 3.05) is 0 Å². The van der Waals surface area contributed by atoms with E-state index in [1.54, 1.807) is 0 Å². The molecule has 0 heterocycles. The third-order valence-corrected chi connectivity index (χ3v) is 7.06. The van der Waals surface area contributed by atoms with Crippen LogP contribution in [0.15, 0.2) is 0 Å². The highest BCUT2D eigenvalue weighted by atomic mass is 16.1. The molecular formula is C21H34O2.